The summed E-state index contributed by atoms with van der Waals surface area (Å²) in [6.45, 7) is 6.89. The molecule has 6 nitrogen and oxygen atoms in total. The topological polar surface area (TPSA) is 61.9 Å². The largest absolute Gasteiger partial charge is 0.496 e. The van der Waals surface area contributed by atoms with E-state index in [1.54, 1.807) is 25.3 Å². The zero-order valence-electron chi connectivity index (χ0n) is 14.2. The Labute approximate surface area is 151 Å². The maximum Gasteiger partial charge on any atom is 0.251 e. The van der Waals surface area contributed by atoms with Crippen molar-refractivity contribution in [3.05, 3.63) is 28.2 Å². The average Bonchev–Trinajstić information content (AvgIpc) is 2.61. The molecule has 0 atom stereocenters. The Balaban J connectivity index is 1.76. The molecule has 1 aromatic rings. The summed E-state index contributed by atoms with van der Waals surface area (Å²) in [5.41, 5.74) is 0.534. The number of carbonyl (C=O) groups excluding carboxylic acids is 2. The second-order valence-electron chi connectivity index (χ2n) is 5.67. The fourth-order valence-electron chi connectivity index (χ4n) is 2.66. The van der Waals surface area contributed by atoms with Crippen molar-refractivity contribution in [2.75, 3.05) is 46.4 Å². The van der Waals surface area contributed by atoms with E-state index in [9.17, 15) is 9.59 Å². The Morgan fingerprint density at radius 3 is 2.54 bits per heavy atom. The molecule has 0 radical (unpaired) electrons. The maximum atomic E-state index is 12.2. The highest BCUT2D eigenvalue weighted by molar-refractivity contribution is 9.10. The van der Waals surface area contributed by atoms with Gasteiger partial charge in [-0.25, -0.2) is 0 Å². The number of hydrogen-bond donors (Lipinski definition) is 1. The fraction of sp³-hybridized carbons (Fsp3) is 0.529. The van der Waals surface area contributed by atoms with Crippen LogP contribution >= 0.6 is 15.9 Å². The number of nitrogens with one attached hydrogen (secondary N) is 1. The van der Waals surface area contributed by atoms with E-state index >= 15 is 0 Å². The number of amides is 2. The van der Waals surface area contributed by atoms with Crippen molar-refractivity contribution < 1.29 is 14.3 Å². The molecule has 1 aliphatic rings. The highest BCUT2D eigenvalue weighted by Gasteiger charge is 2.19. The van der Waals surface area contributed by atoms with Gasteiger partial charge < -0.3 is 19.9 Å². The first-order valence-electron chi connectivity index (χ1n) is 8.17. The van der Waals surface area contributed by atoms with Crippen LogP contribution in [0.25, 0.3) is 0 Å². The van der Waals surface area contributed by atoms with Crippen molar-refractivity contribution in [3.63, 3.8) is 0 Å². The standard InChI is InChI=1S/C17H24BrN3O3/c1-3-20-8-10-21(11-9-20)16(22)6-7-19-17(23)13-4-5-15(24-2)14(18)12-13/h4-5,12H,3,6-11H2,1-2H3,(H,19,23). The summed E-state index contributed by atoms with van der Waals surface area (Å²) in [5.74, 6) is 0.580. The Bertz CT molecular complexity index is 586. The normalized spacial score (nSPS) is 15.2. The van der Waals surface area contributed by atoms with Crippen molar-refractivity contribution in [2.45, 2.75) is 13.3 Å². The molecule has 132 valence electrons. The van der Waals surface area contributed by atoms with Crippen LogP contribution in [0, 0.1) is 0 Å². The van der Waals surface area contributed by atoms with Crippen molar-refractivity contribution in [1.29, 1.82) is 0 Å². The van der Waals surface area contributed by atoms with Gasteiger partial charge in [-0.15, -0.1) is 0 Å². The lowest BCUT2D eigenvalue weighted by atomic mass is 10.2. The lowest BCUT2D eigenvalue weighted by molar-refractivity contribution is -0.132. The second-order valence-corrected chi connectivity index (χ2v) is 6.52. The number of hydrogen-bond acceptors (Lipinski definition) is 4. The van der Waals surface area contributed by atoms with E-state index in [1.807, 2.05) is 4.90 Å². The van der Waals surface area contributed by atoms with Crippen molar-refractivity contribution in [1.82, 2.24) is 15.1 Å². The zero-order valence-corrected chi connectivity index (χ0v) is 15.8. The zero-order chi connectivity index (χ0) is 17.5. The highest BCUT2D eigenvalue weighted by atomic mass is 79.9. The minimum Gasteiger partial charge on any atom is -0.496 e. The first-order chi connectivity index (χ1) is 11.5. The fourth-order valence-corrected chi connectivity index (χ4v) is 3.20. The molecule has 0 spiro atoms. The second kappa shape index (κ2) is 9.03. The third kappa shape index (κ3) is 4.95. The van der Waals surface area contributed by atoms with Crippen LogP contribution in [0.1, 0.15) is 23.7 Å². The summed E-state index contributed by atoms with van der Waals surface area (Å²) < 4.78 is 5.87. The Morgan fingerprint density at radius 2 is 1.96 bits per heavy atom. The highest BCUT2D eigenvalue weighted by Crippen LogP contribution is 2.25. The van der Waals surface area contributed by atoms with Crippen LogP contribution in [0.3, 0.4) is 0 Å². The van der Waals surface area contributed by atoms with E-state index in [0.717, 1.165) is 37.2 Å². The van der Waals surface area contributed by atoms with Crippen LogP contribution in [0.5, 0.6) is 5.75 Å². The van der Waals surface area contributed by atoms with Gasteiger partial charge >= 0.3 is 0 Å². The van der Waals surface area contributed by atoms with Crippen LogP contribution in [0.2, 0.25) is 0 Å². The summed E-state index contributed by atoms with van der Waals surface area (Å²) in [7, 11) is 1.58. The lowest BCUT2D eigenvalue weighted by Crippen LogP contribution is -2.49. The van der Waals surface area contributed by atoms with Gasteiger partial charge in [-0.1, -0.05) is 6.92 Å². The summed E-state index contributed by atoms with van der Waals surface area (Å²) in [6.07, 6.45) is 0.329. The quantitative estimate of drug-likeness (QED) is 0.793. The molecule has 0 aliphatic carbocycles. The molecule has 1 heterocycles. The molecular formula is C17H24BrN3O3. The molecule has 0 saturated carbocycles. The molecule has 1 N–H and O–H groups in total. The minimum absolute atomic E-state index is 0.0990. The summed E-state index contributed by atoms with van der Waals surface area (Å²) in [4.78, 5) is 28.5. The predicted molar refractivity (Wildman–Crippen MR) is 96.3 cm³/mol. The number of halogens is 1. The van der Waals surface area contributed by atoms with Gasteiger partial charge in [0.2, 0.25) is 5.91 Å². The van der Waals surface area contributed by atoms with Gasteiger partial charge in [0.1, 0.15) is 5.75 Å². The van der Waals surface area contributed by atoms with Gasteiger partial charge in [-0.3, -0.25) is 9.59 Å². The Morgan fingerprint density at radius 1 is 1.25 bits per heavy atom. The van der Waals surface area contributed by atoms with Crippen LogP contribution in [0.4, 0.5) is 0 Å². The van der Waals surface area contributed by atoms with Crippen LogP contribution in [0.15, 0.2) is 22.7 Å². The molecule has 0 unspecified atom stereocenters. The van der Waals surface area contributed by atoms with Gasteiger partial charge in [-0.2, -0.15) is 0 Å². The van der Waals surface area contributed by atoms with Crippen LogP contribution in [-0.2, 0) is 4.79 Å². The maximum absolute atomic E-state index is 12.2. The van der Waals surface area contributed by atoms with Gasteiger partial charge in [0.25, 0.3) is 5.91 Å². The number of rotatable bonds is 6. The number of ether oxygens (including phenoxy) is 1. The lowest BCUT2D eigenvalue weighted by Gasteiger charge is -2.34. The van der Waals surface area contributed by atoms with E-state index in [2.05, 4.69) is 33.1 Å². The van der Waals surface area contributed by atoms with E-state index in [-0.39, 0.29) is 11.8 Å². The number of methoxy groups -OCH3 is 1. The number of benzene rings is 1. The number of nitrogens with zero attached hydrogens (tertiary/aromatic N) is 2. The summed E-state index contributed by atoms with van der Waals surface area (Å²) in [5, 5.41) is 2.80. The SMILES string of the molecule is CCN1CCN(C(=O)CCNC(=O)c2ccc(OC)c(Br)c2)CC1. The predicted octanol–water partition coefficient (Wildman–Crippen LogP) is 1.74. The minimum atomic E-state index is -0.193. The molecule has 1 saturated heterocycles. The number of likely N-dealkylation sites (N-methyl/N-ethyl adjacent to an activating group) is 1. The molecule has 1 aliphatic heterocycles. The molecular weight excluding hydrogens is 374 g/mol. The number of carbonyl (C=O) groups is 2. The first kappa shape index (κ1) is 18.7. The molecule has 0 aromatic heterocycles. The monoisotopic (exact) mass is 397 g/mol. The van der Waals surface area contributed by atoms with E-state index in [4.69, 9.17) is 4.74 Å². The van der Waals surface area contributed by atoms with E-state index < -0.39 is 0 Å². The van der Waals surface area contributed by atoms with Gasteiger partial charge in [0.15, 0.2) is 0 Å². The van der Waals surface area contributed by atoms with E-state index in [0.29, 0.717) is 24.3 Å². The molecule has 1 aromatic carbocycles. The Hall–Kier alpha value is -1.60. The Kier molecular flexibility index (Phi) is 7.05. The first-order valence-corrected chi connectivity index (χ1v) is 8.96. The summed E-state index contributed by atoms with van der Waals surface area (Å²) in [6, 6.07) is 5.14. The number of piperazine rings is 1. The van der Waals surface area contributed by atoms with Crippen molar-refractivity contribution >= 4 is 27.7 Å². The van der Waals surface area contributed by atoms with E-state index in [1.165, 1.54) is 0 Å². The molecule has 2 rings (SSSR count). The van der Waals surface area contributed by atoms with Crippen molar-refractivity contribution in [2.24, 2.45) is 0 Å². The van der Waals surface area contributed by atoms with Gasteiger partial charge in [-0.05, 0) is 40.7 Å². The smallest absolute Gasteiger partial charge is 0.251 e. The molecule has 0 bridgehead atoms. The van der Waals surface area contributed by atoms with Gasteiger partial charge in [0, 0.05) is 44.7 Å². The molecule has 2 amide bonds. The summed E-state index contributed by atoms with van der Waals surface area (Å²) >= 11 is 3.36. The van der Waals surface area contributed by atoms with Crippen LogP contribution in [-0.4, -0.2) is 68.0 Å². The van der Waals surface area contributed by atoms with Crippen molar-refractivity contribution in [3.8, 4) is 5.75 Å². The average molecular weight is 398 g/mol. The third-order valence-electron chi connectivity index (χ3n) is 4.21. The molecule has 7 heteroatoms. The van der Waals surface area contributed by atoms with Crippen LogP contribution < -0.4 is 10.1 Å². The molecule has 24 heavy (non-hydrogen) atoms. The van der Waals surface area contributed by atoms with Gasteiger partial charge in [0.05, 0.1) is 11.6 Å². The third-order valence-corrected chi connectivity index (χ3v) is 4.83. The molecule has 1 fully saturated rings.